The molecule has 1 aromatic carbocycles. The van der Waals surface area contributed by atoms with Crippen molar-refractivity contribution in [1.29, 1.82) is 0 Å². The lowest BCUT2D eigenvalue weighted by atomic mass is 9.96. The standard InChI is InChI=1S/C6H2BF3/c7-3-1-4(8)6(10)5(9)2-3/h1-2H. The van der Waals surface area contributed by atoms with Gasteiger partial charge in [-0.3, -0.25) is 0 Å². The normalized spacial score (nSPS) is 9.90. The molecule has 0 aromatic heterocycles. The summed E-state index contributed by atoms with van der Waals surface area (Å²) < 4.78 is 36.4. The highest BCUT2D eigenvalue weighted by Crippen LogP contribution is 2.06. The SMILES string of the molecule is [B]c1cc(F)c(F)c(F)c1. The van der Waals surface area contributed by atoms with Crippen LogP contribution in [0.2, 0.25) is 0 Å². The average molecular weight is 142 g/mol. The molecule has 0 bridgehead atoms. The first-order chi connectivity index (χ1) is 4.61. The molecule has 0 saturated heterocycles. The van der Waals surface area contributed by atoms with Crippen molar-refractivity contribution in [2.24, 2.45) is 0 Å². The van der Waals surface area contributed by atoms with Crippen molar-refractivity contribution in [3.63, 3.8) is 0 Å². The zero-order valence-corrected chi connectivity index (χ0v) is 4.87. The Balaban J connectivity index is 3.31. The summed E-state index contributed by atoms with van der Waals surface area (Å²) in [5.74, 6) is -4.02. The van der Waals surface area contributed by atoms with E-state index in [0.29, 0.717) is 0 Å². The van der Waals surface area contributed by atoms with Crippen molar-refractivity contribution in [3.8, 4) is 0 Å². The molecule has 0 aliphatic rings. The van der Waals surface area contributed by atoms with E-state index < -0.39 is 17.5 Å². The van der Waals surface area contributed by atoms with E-state index in [1.54, 1.807) is 0 Å². The Hall–Kier alpha value is -0.925. The Bertz CT molecular complexity index is 236. The Labute approximate surface area is 57.1 Å². The Kier molecular flexibility index (Phi) is 1.70. The average Bonchev–Trinajstić information content (AvgIpc) is 1.82. The second-order valence-corrected chi connectivity index (χ2v) is 1.80. The Morgan fingerprint density at radius 2 is 1.40 bits per heavy atom. The molecular formula is C6H2BF3. The molecule has 2 radical (unpaired) electrons. The number of halogens is 3. The quantitative estimate of drug-likeness (QED) is 0.372. The van der Waals surface area contributed by atoms with Gasteiger partial charge in [0.1, 0.15) is 7.85 Å². The number of hydrogen-bond acceptors (Lipinski definition) is 0. The maximum atomic E-state index is 12.1. The van der Waals surface area contributed by atoms with E-state index in [9.17, 15) is 13.2 Å². The molecule has 1 aromatic rings. The molecule has 4 heteroatoms. The van der Waals surface area contributed by atoms with Gasteiger partial charge in [-0.05, 0) is 12.1 Å². The van der Waals surface area contributed by atoms with Crippen LogP contribution in [0.5, 0.6) is 0 Å². The maximum Gasteiger partial charge on any atom is 0.194 e. The van der Waals surface area contributed by atoms with Gasteiger partial charge in [-0.2, -0.15) is 0 Å². The van der Waals surface area contributed by atoms with E-state index in [1.165, 1.54) is 0 Å². The summed E-state index contributed by atoms with van der Waals surface area (Å²) in [6, 6.07) is 1.44. The molecule has 0 heterocycles. The van der Waals surface area contributed by atoms with Crippen molar-refractivity contribution in [1.82, 2.24) is 0 Å². The molecule has 0 atom stereocenters. The van der Waals surface area contributed by atoms with Crippen LogP contribution in [0.25, 0.3) is 0 Å². The number of rotatable bonds is 0. The molecule has 0 aliphatic heterocycles. The minimum Gasteiger partial charge on any atom is -0.204 e. The van der Waals surface area contributed by atoms with Crippen LogP contribution in [0.1, 0.15) is 0 Å². The van der Waals surface area contributed by atoms with Gasteiger partial charge in [-0.25, -0.2) is 13.2 Å². The fourth-order valence-corrected chi connectivity index (χ4v) is 0.575. The number of hydrogen-bond donors (Lipinski definition) is 0. The maximum absolute atomic E-state index is 12.1. The molecule has 0 unspecified atom stereocenters. The largest absolute Gasteiger partial charge is 0.204 e. The van der Waals surface area contributed by atoms with Gasteiger partial charge in [0.05, 0.1) is 0 Å². The van der Waals surface area contributed by atoms with E-state index in [-0.39, 0.29) is 5.46 Å². The summed E-state index contributed by atoms with van der Waals surface area (Å²) in [5.41, 5.74) is -0.128. The van der Waals surface area contributed by atoms with Crippen molar-refractivity contribution in [2.75, 3.05) is 0 Å². The molecule has 0 fully saturated rings. The molecule has 10 heavy (non-hydrogen) atoms. The highest BCUT2D eigenvalue weighted by molar-refractivity contribution is 6.32. The third kappa shape index (κ3) is 1.15. The van der Waals surface area contributed by atoms with Gasteiger partial charge < -0.3 is 0 Å². The van der Waals surface area contributed by atoms with Crippen molar-refractivity contribution in [2.45, 2.75) is 0 Å². The second kappa shape index (κ2) is 2.36. The fraction of sp³-hybridized carbons (Fsp3) is 0. The monoisotopic (exact) mass is 142 g/mol. The zero-order valence-electron chi connectivity index (χ0n) is 4.87. The van der Waals surface area contributed by atoms with Gasteiger partial charge in [-0.15, -0.1) is 0 Å². The predicted molar refractivity (Wildman–Crippen MR) is 31.7 cm³/mol. The van der Waals surface area contributed by atoms with Gasteiger partial charge in [0.15, 0.2) is 17.5 Å². The van der Waals surface area contributed by atoms with Gasteiger partial charge in [0.2, 0.25) is 0 Å². The summed E-state index contributed by atoms with van der Waals surface area (Å²) in [5, 5.41) is 0. The Morgan fingerprint density at radius 1 is 1.00 bits per heavy atom. The molecule has 0 nitrogen and oxygen atoms in total. The topological polar surface area (TPSA) is 0 Å². The second-order valence-electron chi connectivity index (χ2n) is 1.80. The molecule has 1 rings (SSSR count). The zero-order chi connectivity index (χ0) is 7.72. The summed E-state index contributed by atoms with van der Waals surface area (Å²) in [6.45, 7) is 0. The summed E-state index contributed by atoms with van der Waals surface area (Å²) in [4.78, 5) is 0. The van der Waals surface area contributed by atoms with Crippen molar-refractivity contribution >= 4 is 13.3 Å². The summed E-state index contributed by atoms with van der Waals surface area (Å²) >= 11 is 0. The highest BCUT2D eigenvalue weighted by Gasteiger charge is 2.07. The lowest BCUT2D eigenvalue weighted by Gasteiger charge is -1.95. The first kappa shape index (κ1) is 7.19. The minimum atomic E-state index is -1.49. The van der Waals surface area contributed by atoms with Crippen LogP contribution in [0, 0.1) is 17.5 Å². The van der Waals surface area contributed by atoms with Crippen LogP contribution in [-0.2, 0) is 0 Å². The van der Waals surface area contributed by atoms with Crippen molar-refractivity contribution < 1.29 is 13.2 Å². The van der Waals surface area contributed by atoms with Crippen LogP contribution < -0.4 is 5.46 Å². The molecule has 0 amide bonds. The van der Waals surface area contributed by atoms with E-state index >= 15 is 0 Å². The Morgan fingerprint density at radius 3 is 1.80 bits per heavy atom. The molecule has 0 spiro atoms. The van der Waals surface area contributed by atoms with Gasteiger partial charge in [-0.1, -0.05) is 5.46 Å². The highest BCUT2D eigenvalue weighted by atomic mass is 19.2. The van der Waals surface area contributed by atoms with E-state index in [2.05, 4.69) is 0 Å². The smallest absolute Gasteiger partial charge is 0.194 e. The molecule has 50 valence electrons. The van der Waals surface area contributed by atoms with Crippen LogP contribution in [0.3, 0.4) is 0 Å². The van der Waals surface area contributed by atoms with E-state index in [0.717, 1.165) is 12.1 Å². The third-order valence-corrected chi connectivity index (χ3v) is 1.01. The van der Waals surface area contributed by atoms with E-state index in [1.807, 2.05) is 0 Å². The van der Waals surface area contributed by atoms with E-state index in [4.69, 9.17) is 7.85 Å². The lowest BCUT2D eigenvalue weighted by Crippen LogP contribution is -2.06. The third-order valence-electron chi connectivity index (χ3n) is 1.01. The van der Waals surface area contributed by atoms with Crippen LogP contribution in [0.4, 0.5) is 13.2 Å². The van der Waals surface area contributed by atoms with Gasteiger partial charge in [0.25, 0.3) is 0 Å². The first-order valence-corrected chi connectivity index (χ1v) is 2.51. The minimum absolute atomic E-state index is 0.128. The molecule has 0 saturated carbocycles. The molecule has 0 aliphatic carbocycles. The first-order valence-electron chi connectivity index (χ1n) is 2.51. The summed E-state index contributed by atoms with van der Waals surface area (Å²) in [7, 11) is 4.98. The predicted octanol–water partition coefficient (Wildman–Crippen LogP) is 0.898. The van der Waals surface area contributed by atoms with Crippen LogP contribution in [0.15, 0.2) is 12.1 Å². The van der Waals surface area contributed by atoms with Crippen LogP contribution in [-0.4, -0.2) is 7.85 Å². The fourth-order valence-electron chi connectivity index (χ4n) is 0.575. The van der Waals surface area contributed by atoms with Gasteiger partial charge >= 0.3 is 0 Å². The number of benzene rings is 1. The van der Waals surface area contributed by atoms with Crippen LogP contribution >= 0.6 is 0 Å². The molecular weight excluding hydrogens is 140 g/mol. The van der Waals surface area contributed by atoms with Gasteiger partial charge in [0, 0.05) is 0 Å². The van der Waals surface area contributed by atoms with Crippen molar-refractivity contribution in [3.05, 3.63) is 29.6 Å². The molecule has 0 N–H and O–H groups in total. The summed E-state index contributed by atoms with van der Waals surface area (Å²) in [6.07, 6.45) is 0. The lowest BCUT2D eigenvalue weighted by molar-refractivity contribution is 0.448.